The van der Waals surface area contributed by atoms with Crippen LogP contribution in [0, 0.1) is 6.92 Å². The summed E-state index contributed by atoms with van der Waals surface area (Å²) in [6, 6.07) is 8.91. The monoisotopic (exact) mass is 325 g/mol. The van der Waals surface area contributed by atoms with E-state index in [2.05, 4.69) is 19.8 Å². The number of alkyl halides is 3. The van der Waals surface area contributed by atoms with Crippen LogP contribution in [0.5, 0.6) is 0 Å². The molecule has 2 aromatic heterocycles. The van der Waals surface area contributed by atoms with E-state index in [1.807, 2.05) is 25.1 Å². The van der Waals surface area contributed by atoms with Gasteiger partial charge in [-0.25, -0.2) is 0 Å². The maximum absolute atomic E-state index is 12.8. The molecule has 8 heteroatoms. The summed E-state index contributed by atoms with van der Waals surface area (Å²) >= 11 is 4.83. The number of rotatable bonds is 4. The van der Waals surface area contributed by atoms with Gasteiger partial charge in [0.25, 0.3) is 0 Å². The molecule has 0 radical (unpaired) electrons. The standard InChI is InChI=1S/C14H10ClF2N3O2/c1-8-6-11(21-19-8)7-9-2-4-10(5-3-9)12-18-13(22-20-12)14(15,16)17/h2-6H,7H2,1H3. The van der Waals surface area contributed by atoms with E-state index in [4.69, 9.17) is 16.1 Å². The zero-order chi connectivity index (χ0) is 15.7. The number of aryl methyl sites for hydroxylation is 1. The first-order valence-electron chi connectivity index (χ1n) is 6.34. The SMILES string of the molecule is Cc1cc(Cc2ccc(-c3noc(C(F)(F)Cl)n3)cc2)on1. The molecule has 0 atom stereocenters. The van der Waals surface area contributed by atoms with E-state index >= 15 is 0 Å². The summed E-state index contributed by atoms with van der Waals surface area (Å²) in [5.74, 6) is -0.128. The molecule has 0 fully saturated rings. The fourth-order valence-corrected chi connectivity index (χ4v) is 2.01. The number of hydrogen-bond acceptors (Lipinski definition) is 5. The summed E-state index contributed by atoms with van der Waals surface area (Å²) in [6.45, 7) is 1.84. The van der Waals surface area contributed by atoms with Crippen molar-refractivity contribution in [1.29, 1.82) is 0 Å². The molecule has 0 saturated carbocycles. The summed E-state index contributed by atoms with van der Waals surface area (Å²) < 4.78 is 35.3. The van der Waals surface area contributed by atoms with Gasteiger partial charge < -0.3 is 9.05 Å². The van der Waals surface area contributed by atoms with Crippen molar-refractivity contribution < 1.29 is 17.8 Å². The number of halogens is 3. The number of hydrogen-bond donors (Lipinski definition) is 0. The molecule has 1 aromatic carbocycles. The highest BCUT2D eigenvalue weighted by Gasteiger charge is 2.35. The van der Waals surface area contributed by atoms with Gasteiger partial charge in [0.2, 0.25) is 5.82 Å². The molecule has 0 aliphatic rings. The van der Waals surface area contributed by atoms with Crippen LogP contribution in [-0.2, 0) is 11.8 Å². The maximum Gasteiger partial charge on any atom is 0.400 e. The first-order valence-corrected chi connectivity index (χ1v) is 6.72. The highest BCUT2D eigenvalue weighted by atomic mass is 35.5. The molecule has 5 nitrogen and oxygen atoms in total. The number of nitrogens with zero attached hydrogens (tertiary/aromatic N) is 3. The van der Waals surface area contributed by atoms with E-state index in [0.717, 1.165) is 17.0 Å². The van der Waals surface area contributed by atoms with Gasteiger partial charge in [-0.15, -0.1) is 0 Å². The Labute approximate surface area is 128 Å². The van der Waals surface area contributed by atoms with E-state index < -0.39 is 11.3 Å². The predicted molar refractivity (Wildman–Crippen MR) is 73.5 cm³/mol. The normalized spacial score (nSPS) is 11.8. The number of benzene rings is 1. The zero-order valence-corrected chi connectivity index (χ0v) is 12.1. The summed E-state index contributed by atoms with van der Waals surface area (Å²) in [4.78, 5) is 3.58. The van der Waals surface area contributed by atoms with Gasteiger partial charge in [0.05, 0.1) is 5.69 Å². The van der Waals surface area contributed by atoms with Crippen LogP contribution in [-0.4, -0.2) is 15.3 Å². The van der Waals surface area contributed by atoms with Crippen LogP contribution >= 0.6 is 11.6 Å². The summed E-state index contributed by atoms with van der Waals surface area (Å²) in [5.41, 5.74) is 2.34. The van der Waals surface area contributed by atoms with Gasteiger partial charge in [0, 0.05) is 18.1 Å². The molecule has 0 amide bonds. The molecule has 3 aromatic rings. The van der Waals surface area contributed by atoms with E-state index in [1.54, 1.807) is 12.1 Å². The lowest BCUT2D eigenvalue weighted by Gasteiger charge is -2.00. The smallest absolute Gasteiger partial charge is 0.361 e. The summed E-state index contributed by atoms with van der Waals surface area (Å²) in [6.07, 6.45) is 0.582. The average Bonchev–Trinajstić information content (AvgIpc) is 3.08. The molecule has 0 aliphatic carbocycles. The fraction of sp³-hybridized carbons (Fsp3) is 0.214. The molecular weight excluding hydrogens is 316 g/mol. The Hall–Kier alpha value is -2.28. The molecule has 0 bridgehead atoms. The van der Waals surface area contributed by atoms with Gasteiger partial charge in [-0.2, -0.15) is 13.8 Å². The minimum Gasteiger partial charge on any atom is -0.361 e. The Morgan fingerprint density at radius 1 is 1.14 bits per heavy atom. The maximum atomic E-state index is 12.8. The Morgan fingerprint density at radius 2 is 1.86 bits per heavy atom. The van der Waals surface area contributed by atoms with Gasteiger partial charge in [-0.3, -0.25) is 0 Å². The van der Waals surface area contributed by atoms with Crippen molar-refractivity contribution in [2.45, 2.75) is 18.7 Å². The van der Waals surface area contributed by atoms with E-state index in [1.165, 1.54) is 0 Å². The lowest BCUT2D eigenvalue weighted by atomic mass is 10.1. The van der Waals surface area contributed by atoms with Crippen LogP contribution in [0.1, 0.15) is 22.9 Å². The van der Waals surface area contributed by atoms with Crippen LogP contribution in [0.3, 0.4) is 0 Å². The van der Waals surface area contributed by atoms with Crippen LogP contribution in [0.2, 0.25) is 0 Å². The van der Waals surface area contributed by atoms with Crippen LogP contribution < -0.4 is 0 Å². The van der Waals surface area contributed by atoms with Crippen LogP contribution in [0.15, 0.2) is 39.4 Å². The van der Waals surface area contributed by atoms with Gasteiger partial charge in [0.15, 0.2) is 0 Å². The van der Waals surface area contributed by atoms with E-state index in [0.29, 0.717) is 12.0 Å². The largest absolute Gasteiger partial charge is 0.400 e. The third-order valence-electron chi connectivity index (χ3n) is 2.94. The van der Waals surface area contributed by atoms with Crippen molar-refractivity contribution in [3.63, 3.8) is 0 Å². The summed E-state index contributed by atoms with van der Waals surface area (Å²) in [7, 11) is 0. The molecular formula is C14H10ClF2N3O2. The number of aromatic nitrogens is 3. The lowest BCUT2D eigenvalue weighted by molar-refractivity contribution is 0.0551. The molecule has 3 rings (SSSR count). The molecule has 0 unspecified atom stereocenters. The first kappa shape index (κ1) is 14.6. The second-order valence-electron chi connectivity index (χ2n) is 4.73. The third-order valence-corrected chi connectivity index (χ3v) is 3.10. The molecule has 22 heavy (non-hydrogen) atoms. The quantitative estimate of drug-likeness (QED) is 0.680. The average molecular weight is 326 g/mol. The minimum atomic E-state index is -3.67. The predicted octanol–water partition coefficient (Wildman–Crippen LogP) is 3.91. The molecule has 114 valence electrons. The van der Waals surface area contributed by atoms with Crippen molar-refractivity contribution in [1.82, 2.24) is 15.3 Å². The second-order valence-corrected chi connectivity index (χ2v) is 5.20. The third kappa shape index (κ3) is 3.14. The van der Waals surface area contributed by atoms with Gasteiger partial charge in [0.1, 0.15) is 5.76 Å². The Morgan fingerprint density at radius 3 is 2.41 bits per heavy atom. The zero-order valence-electron chi connectivity index (χ0n) is 11.4. The van der Waals surface area contributed by atoms with Crippen molar-refractivity contribution >= 4 is 11.6 Å². The van der Waals surface area contributed by atoms with Crippen molar-refractivity contribution in [3.05, 3.63) is 53.2 Å². The van der Waals surface area contributed by atoms with Crippen molar-refractivity contribution in [3.8, 4) is 11.4 Å². The highest BCUT2D eigenvalue weighted by molar-refractivity contribution is 6.21. The van der Waals surface area contributed by atoms with Gasteiger partial charge in [-0.1, -0.05) is 34.6 Å². The van der Waals surface area contributed by atoms with Gasteiger partial charge in [-0.05, 0) is 24.1 Å². The second kappa shape index (κ2) is 5.49. The van der Waals surface area contributed by atoms with E-state index in [-0.39, 0.29) is 5.82 Å². The van der Waals surface area contributed by atoms with E-state index in [9.17, 15) is 8.78 Å². The Kier molecular flexibility index (Phi) is 3.66. The Balaban J connectivity index is 1.78. The minimum absolute atomic E-state index is 0.0531. The van der Waals surface area contributed by atoms with Crippen molar-refractivity contribution in [2.24, 2.45) is 0 Å². The molecule has 2 heterocycles. The fourth-order valence-electron chi connectivity index (χ4n) is 1.93. The molecule has 0 N–H and O–H groups in total. The molecule has 0 aliphatic heterocycles. The summed E-state index contributed by atoms with van der Waals surface area (Å²) in [5, 5.41) is 3.63. The van der Waals surface area contributed by atoms with Gasteiger partial charge >= 0.3 is 11.3 Å². The lowest BCUT2D eigenvalue weighted by Crippen LogP contribution is -2.03. The molecule has 0 spiro atoms. The molecule has 0 saturated heterocycles. The van der Waals surface area contributed by atoms with Crippen LogP contribution in [0.4, 0.5) is 8.78 Å². The first-order chi connectivity index (χ1) is 10.4. The van der Waals surface area contributed by atoms with Crippen LogP contribution in [0.25, 0.3) is 11.4 Å². The Bertz CT molecular complexity index is 778. The topological polar surface area (TPSA) is 65.0 Å². The van der Waals surface area contributed by atoms with Crippen molar-refractivity contribution in [2.75, 3.05) is 0 Å². The highest BCUT2D eigenvalue weighted by Crippen LogP contribution is 2.32.